The maximum absolute atomic E-state index is 13.1. The fourth-order valence-electron chi connectivity index (χ4n) is 3.26. The van der Waals surface area contributed by atoms with E-state index in [1.165, 1.54) is 11.8 Å². The summed E-state index contributed by atoms with van der Waals surface area (Å²) >= 11 is 20.0. The van der Waals surface area contributed by atoms with E-state index >= 15 is 0 Å². The molecule has 0 radical (unpaired) electrons. The van der Waals surface area contributed by atoms with Crippen LogP contribution in [0.1, 0.15) is 45.7 Å². The fraction of sp³-hybridized carbons (Fsp3) is 0.360. The van der Waals surface area contributed by atoms with Crippen LogP contribution < -0.4 is 9.47 Å². The number of carbonyl (C=O) groups is 1. The summed E-state index contributed by atoms with van der Waals surface area (Å²) in [7, 11) is 0. The van der Waals surface area contributed by atoms with Crippen LogP contribution in [-0.4, -0.2) is 34.7 Å². The number of hydrogen-bond donors (Lipinski definition) is 0. The third kappa shape index (κ3) is 6.42. The maximum Gasteiger partial charge on any atom is 0.266 e. The van der Waals surface area contributed by atoms with Gasteiger partial charge in [0.05, 0.1) is 26.6 Å². The van der Waals surface area contributed by atoms with E-state index in [-0.39, 0.29) is 24.6 Å². The number of amides is 1. The van der Waals surface area contributed by atoms with Crippen molar-refractivity contribution in [3.63, 3.8) is 0 Å². The predicted molar refractivity (Wildman–Crippen MR) is 144 cm³/mol. The van der Waals surface area contributed by atoms with E-state index in [0.29, 0.717) is 43.2 Å². The van der Waals surface area contributed by atoms with Gasteiger partial charge in [0.25, 0.3) is 5.91 Å². The number of aliphatic imine (C=N–C) groups is 1. The van der Waals surface area contributed by atoms with E-state index in [2.05, 4.69) is 4.99 Å². The van der Waals surface area contributed by atoms with E-state index in [9.17, 15) is 4.79 Å². The summed E-state index contributed by atoms with van der Waals surface area (Å²) in [4.78, 5) is 20.0. The monoisotopic (exact) mass is 540 g/mol. The lowest BCUT2D eigenvalue weighted by molar-refractivity contribution is -0.123. The van der Waals surface area contributed by atoms with Crippen molar-refractivity contribution in [2.24, 2.45) is 4.99 Å². The second-order valence-electron chi connectivity index (χ2n) is 8.19. The number of nitrogens with zero attached hydrogens (tertiary/aromatic N) is 2. The lowest BCUT2D eigenvalue weighted by atomic mass is 10.1. The number of hydrogen-bond acceptors (Lipinski definition) is 5. The SMILES string of the molecule is CCOc1cc(/C=C2/SC(=NC(C)C)N(C(C)C)C2=O)cc(Cl)c1OCc1ccc(Cl)c(Cl)c1. The molecule has 1 aliphatic heterocycles. The Labute approximate surface area is 220 Å². The van der Waals surface area contributed by atoms with E-state index in [4.69, 9.17) is 44.3 Å². The first-order valence-corrected chi connectivity index (χ1v) is 12.9. The summed E-state index contributed by atoms with van der Waals surface area (Å²) in [6.07, 6.45) is 1.81. The molecule has 3 rings (SSSR count). The first-order valence-electron chi connectivity index (χ1n) is 10.9. The number of thioether (sulfide) groups is 1. The van der Waals surface area contributed by atoms with Gasteiger partial charge >= 0.3 is 0 Å². The van der Waals surface area contributed by atoms with Gasteiger partial charge in [0.15, 0.2) is 16.7 Å². The zero-order valence-corrected chi connectivity index (χ0v) is 22.8. The van der Waals surface area contributed by atoms with Crippen molar-refractivity contribution >= 4 is 63.7 Å². The molecule has 1 heterocycles. The number of benzene rings is 2. The molecule has 0 spiro atoms. The van der Waals surface area contributed by atoms with Crippen LogP contribution in [0.5, 0.6) is 11.5 Å². The van der Waals surface area contributed by atoms with Crippen LogP contribution >= 0.6 is 46.6 Å². The average molecular weight is 542 g/mol. The molecule has 1 fully saturated rings. The molecule has 1 aliphatic rings. The molecule has 0 saturated carbocycles. The Balaban J connectivity index is 1.90. The minimum atomic E-state index is -0.0755. The Hall–Kier alpha value is -1.86. The molecule has 1 amide bonds. The lowest BCUT2D eigenvalue weighted by Crippen LogP contribution is -2.35. The van der Waals surface area contributed by atoms with Gasteiger partial charge in [-0.1, -0.05) is 40.9 Å². The Morgan fingerprint density at radius 1 is 1.03 bits per heavy atom. The third-order valence-electron chi connectivity index (χ3n) is 4.72. The van der Waals surface area contributed by atoms with E-state index in [0.717, 1.165) is 11.1 Å². The van der Waals surface area contributed by atoms with E-state index < -0.39 is 0 Å². The normalized spacial score (nSPS) is 16.4. The highest BCUT2D eigenvalue weighted by Gasteiger charge is 2.35. The molecule has 2 aromatic rings. The molecule has 0 atom stereocenters. The zero-order chi connectivity index (χ0) is 25.0. The standard InChI is InChI=1S/C25H27Cl3N2O3S/c1-6-32-21-11-17(12-22-24(31)30(15(4)5)25(34-22)29-14(2)3)10-20(28)23(21)33-13-16-7-8-18(26)19(27)9-16/h7-12,14-15H,6,13H2,1-5H3/b22-12+,29-25?. The van der Waals surface area contributed by atoms with Crippen molar-refractivity contribution in [1.29, 1.82) is 0 Å². The number of ether oxygens (including phenoxy) is 2. The second kappa shape index (κ2) is 11.7. The molecule has 34 heavy (non-hydrogen) atoms. The van der Waals surface area contributed by atoms with Crippen molar-refractivity contribution in [3.05, 3.63) is 61.4 Å². The molecule has 1 saturated heterocycles. The highest BCUT2D eigenvalue weighted by molar-refractivity contribution is 8.18. The highest BCUT2D eigenvalue weighted by Crippen LogP contribution is 2.40. The second-order valence-corrected chi connectivity index (χ2v) is 10.4. The minimum Gasteiger partial charge on any atom is -0.490 e. The maximum atomic E-state index is 13.1. The van der Waals surface area contributed by atoms with Gasteiger partial charge in [0.2, 0.25) is 0 Å². The Kier molecular flexibility index (Phi) is 9.21. The van der Waals surface area contributed by atoms with Gasteiger partial charge in [-0.05, 0) is 87.8 Å². The molecule has 0 aliphatic carbocycles. The predicted octanol–water partition coefficient (Wildman–Crippen LogP) is 7.71. The number of carbonyl (C=O) groups excluding carboxylic acids is 1. The number of rotatable bonds is 8. The third-order valence-corrected chi connectivity index (χ3v) is 6.74. The van der Waals surface area contributed by atoms with E-state index in [1.807, 2.05) is 52.8 Å². The van der Waals surface area contributed by atoms with Crippen molar-refractivity contribution < 1.29 is 14.3 Å². The van der Waals surface area contributed by atoms with Gasteiger partial charge < -0.3 is 9.47 Å². The Morgan fingerprint density at radius 3 is 2.38 bits per heavy atom. The molecule has 0 aromatic heterocycles. The largest absolute Gasteiger partial charge is 0.490 e. The summed E-state index contributed by atoms with van der Waals surface area (Å²) in [6.45, 7) is 10.5. The summed E-state index contributed by atoms with van der Waals surface area (Å²) in [6, 6.07) is 8.96. The van der Waals surface area contributed by atoms with Crippen LogP contribution in [0.3, 0.4) is 0 Å². The summed E-state index contributed by atoms with van der Waals surface area (Å²) in [5.74, 6) is 0.843. The average Bonchev–Trinajstić information content (AvgIpc) is 3.04. The van der Waals surface area contributed by atoms with Crippen LogP contribution in [0.25, 0.3) is 6.08 Å². The van der Waals surface area contributed by atoms with Crippen molar-refractivity contribution in [2.75, 3.05) is 6.61 Å². The first-order chi connectivity index (χ1) is 16.1. The first kappa shape index (κ1) is 26.7. The molecular formula is C25H27Cl3N2O3S. The summed E-state index contributed by atoms with van der Waals surface area (Å²) in [5.41, 5.74) is 1.58. The van der Waals surface area contributed by atoms with Gasteiger partial charge in [-0.15, -0.1) is 0 Å². The fourth-order valence-corrected chi connectivity index (χ4v) is 5.09. The minimum absolute atomic E-state index is 0.00289. The number of halogens is 3. The summed E-state index contributed by atoms with van der Waals surface area (Å²) in [5, 5.41) is 2.02. The molecule has 9 heteroatoms. The topological polar surface area (TPSA) is 51.1 Å². The van der Waals surface area contributed by atoms with Gasteiger partial charge in [0.1, 0.15) is 6.61 Å². The van der Waals surface area contributed by atoms with Crippen molar-refractivity contribution in [2.45, 2.75) is 53.3 Å². The number of amidine groups is 1. The van der Waals surface area contributed by atoms with Crippen LogP contribution in [0.15, 0.2) is 40.2 Å². The van der Waals surface area contributed by atoms with Crippen LogP contribution in [-0.2, 0) is 11.4 Å². The smallest absolute Gasteiger partial charge is 0.266 e. The zero-order valence-electron chi connectivity index (χ0n) is 19.7. The van der Waals surface area contributed by atoms with Gasteiger partial charge in [-0.25, -0.2) is 0 Å². The molecule has 0 N–H and O–H groups in total. The molecule has 0 bridgehead atoms. The van der Waals surface area contributed by atoms with Gasteiger partial charge in [-0.2, -0.15) is 0 Å². The molecule has 0 unspecified atom stereocenters. The van der Waals surface area contributed by atoms with E-state index in [1.54, 1.807) is 23.1 Å². The summed E-state index contributed by atoms with van der Waals surface area (Å²) < 4.78 is 11.8. The van der Waals surface area contributed by atoms with Crippen molar-refractivity contribution in [3.8, 4) is 11.5 Å². The molecular weight excluding hydrogens is 515 g/mol. The Bertz CT molecular complexity index is 1130. The van der Waals surface area contributed by atoms with Crippen LogP contribution in [0.4, 0.5) is 0 Å². The molecule has 5 nitrogen and oxygen atoms in total. The van der Waals surface area contributed by atoms with Gasteiger partial charge in [-0.3, -0.25) is 14.7 Å². The quantitative estimate of drug-likeness (QED) is 0.321. The lowest BCUT2D eigenvalue weighted by Gasteiger charge is -2.20. The Morgan fingerprint density at radius 2 is 1.76 bits per heavy atom. The van der Waals surface area contributed by atoms with Crippen molar-refractivity contribution in [1.82, 2.24) is 4.90 Å². The molecule has 182 valence electrons. The van der Waals surface area contributed by atoms with Gasteiger partial charge in [0, 0.05) is 12.1 Å². The van der Waals surface area contributed by atoms with Crippen LogP contribution in [0.2, 0.25) is 15.1 Å². The molecule has 2 aromatic carbocycles. The highest BCUT2D eigenvalue weighted by atomic mass is 35.5. The van der Waals surface area contributed by atoms with Crippen LogP contribution in [0, 0.1) is 0 Å².